The lowest BCUT2D eigenvalue weighted by Crippen LogP contribution is -2.33. The summed E-state index contributed by atoms with van der Waals surface area (Å²) in [5.41, 5.74) is 8.79. The van der Waals surface area contributed by atoms with Crippen molar-refractivity contribution in [1.82, 2.24) is 10.3 Å². The molecule has 0 saturated heterocycles. The summed E-state index contributed by atoms with van der Waals surface area (Å²) in [4.78, 5) is 15.8. The predicted molar refractivity (Wildman–Crippen MR) is 96.5 cm³/mol. The van der Waals surface area contributed by atoms with Gasteiger partial charge in [-0.25, -0.2) is 0 Å². The van der Waals surface area contributed by atoms with Gasteiger partial charge in [-0.15, -0.1) is 0 Å². The van der Waals surface area contributed by atoms with Crippen molar-refractivity contribution in [3.63, 3.8) is 0 Å². The summed E-state index contributed by atoms with van der Waals surface area (Å²) >= 11 is 0. The molecule has 2 atom stereocenters. The average Bonchev–Trinajstić information content (AvgIpc) is 2.60. The predicted octanol–water partition coefficient (Wildman–Crippen LogP) is 3.52. The zero-order chi connectivity index (χ0) is 16.9. The largest absolute Gasteiger partial charge is 0.366 e. The maximum atomic E-state index is 11.3. The minimum atomic E-state index is -0.417. The number of hydrogen-bond acceptors (Lipinski definition) is 3. The molecule has 1 aromatic heterocycles. The lowest BCUT2D eigenvalue weighted by Gasteiger charge is -2.27. The zero-order valence-corrected chi connectivity index (χ0v) is 14.2. The topological polar surface area (TPSA) is 68.0 Å². The van der Waals surface area contributed by atoms with E-state index < -0.39 is 5.91 Å². The molecule has 3 rings (SSSR count). The van der Waals surface area contributed by atoms with E-state index >= 15 is 0 Å². The second-order valence-electron chi connectivity index (χ2n) is 6.85. The second-order valence-corrected chi connectivity index (χ2v) is 6.85. The van der Waals surface area contributed by atoms with E-state index in [-0.39, 0.29) is 0 Å². The number of hydrogen-bond donors (Lipinski definition) is 2. The highest BCUT2D eigenvalue weighted by Gasteiger charge is 2.18. The molecule has 4 nitrogen and oxygen atoms in total. The fraction of sp³-hybridized carbons (Fsp3) is 0.400. The van der Waals surface area contributed by atoms with Crippen LogP contribution in [0.1, 0.15) is 48.5 Å². The van der Waals surface area contributed by atoms with Gasteiger partial charge in [-0.05, 0) is 42.5 Å². The first-order valence-corrected chi connectivity index (χ1v) is 8.70. The molecular weight excluding hydrogens is 298 g/mol. The van der Waals surface area contributed by atoms with E-state index in [4.69, 9.17) is 5.73 Å². The molecule has 1 saturated carbocycles. The molecule has 0 spiro atoms. The van der Waals surface area contributed by atoms with Crippen molar-refractivity contribution >= 4 is 5.91 Å². The number of aromatic nitrogens is 1. The van der Waals surface area contributed by atoms with Gasteiger partial charge in [0.05, 0.1) is 5.69 Å². The molecule has 1 aromatic carbocycles. The fourth-order valence-electron chi connectivity index (χ4n) is 3.41. The third-order valence-electron chi connectivity index (χ3n) is 4.80. The summed E-state index contributed by atoms with van der Waals surface area (Å²) in [6.45, 7) is 3.19. The van der Waals surface area contributed by atoms with Crippen LogP contribution >= 0.6 is 0 Å². The van der Waals surface area contributed by atoms with E-state index in [0.717, 1.165) is 23.7 Å². The van der Waals surface area contributed by atoms with Gasteiger partial charge in [-0.1, -0.05) is 38.0 Å². The molecule has 1 fully saturated rings. The molecule has 0 aliphatic heterocycles. The average molecular weight is 323 g/mol. The molecule has 1 aliphatic carbocycles. The summed E-state index contributed by atoms with van der Waals surface area (Å²) in [6, 6.07) is 12.0. The van der Waals surface area contributed by atoms with E-state index in [1.165, 1.54) is 31.2 Å². The molecule has 1 amide bonds. The zero-order valence-electron chi connectivity index (χ0n) is 14.2. The van der Waals surface area contributed by atoms with Crippen molar-refractivity contribution < 1.29 is 4.79 Å². The number of benzene rings is 1. The van der Waals surface area contributed by atoms with Gasteiger partial charge in [-0.3, -0.25) is 9.78 Å². The van der Waals surface area contributed by atoms with Crippen molar-refractivity contribution in [2.75, 3.05) is 0 Å². The molecule has 1 aliphatic rings. The van der Waals surface area contributed by atoms with Crippen molar-refractivity contribution in [1.29, 1.82) is 0 Å². The highest BCUT2D eigenvalue weighted by atomic mass is 16.1. The monoisotopic (exact) mass is 323 g/mol. The number of nitrogens with two attached hydrogens (primary N) is 1. The van der Waals surface area contributed by atoms with E-state index in [1.54, 1.807) is 12.1 Å². The first-order chi connectivity index (χ1) is 11.6. The lowest BCUT2D eigenvalue weighted by atomic mass is 9.87. The van der Waals surface area contributed by atoms with Gasteiger partial charge in [0.25, 0.3) is 0 Å². The van der Waals surface area contributed by atoms with Gasteiger partial charge in [0.2, 0.25) is 5.91 Å². The number of carbonyl (C=O) groups is 1. The number of carbonyl (C=O) groups excluding carboxylic acids is 1. The summed E-state index contributed by atoms with van der Waals surface area (Å²) in [5, 5.41) is 3.65. The van der Waals surface area contributed by atoms with Crippen LogP contribution in [0.15, 0.2) is 42.6 Å². The Hall–Kier alpha value is -2.20. The third-order valence-corrected chi connectivity index (χ3v) is 4.80. The molecular formula is C20H25N3O. The van der Waals surface area contributed by atoms with Crippen LogP contribution < -0.4 is 11.1 Å². The smallest absolute Gasteiger partial charge is 0.248 e. The number of rotatable bonds is 5. The van der Waals surface area contributed by atoms with Crippen molar-refractivity contribution in [2.24, 2.45) is 11.7 Å². The van der Waals surface area contributed by atoms with Crippen molar-refractivity contribution in [3.8, 4) is 11.3 Å². The van der Waals surface area contributed by atoms with Gasteiger partial charge >= 0.3 is 0 Å². The minimum Gasteiger partial charge on any atom is -0.366 e. The van der Waals surface area contributed by atoms with E-state index in [9.17, 15) is 4.79 Å². The summed E-state index contributed by atoms with van der Waals surface area (Å²) in [5.74, 6) is 0.411. The minimum absolute atomic E-state index is 0.417. The van der Waals surface area contributed by atoms with Crippen LogP contribution in [0.5, 0.6) is 0 Å². The quantitative estimate of drug-likeness (QED) is 0.884. The maximum absolute atomic E-state index is 11.3. The van der Waals surface area contributed by atoms with Crippen LogP contribution in [-0.2, 0) is 6.54 Å². The second kappa shape index (κ2) is 7.58. The molecule has 1 heterocycles. The van der Waals surface area contributed by atoms with Crippen molar-refractivity contribution in [3.05, 3.63) is 53.7 Å². The van der Waals surface area contributed by atoms with Crippen LogP contribution in [0.3, 0.4) is 0 Å². The molecule has 126 valence electrons. The summed E-state index contributed by atoms with van der Waals surface area (Å²) in [7, 11) is 0. The molecule has 0 bridgehead atoms. The van der Waals surface area contributed by atoms with Crippen LogP contribution in [0, 0.1) is 5.92 Å². The number of pyridine rings is 1. The van der Waals surface area contributed by atoms with E-state index in [2.05, 4.69) is 23.3 Å². The Morgan fingerprint density at radius 1 is 1.29 bits per heavy atom. The first kappa shape index (κ1) is 16.7. The van der Waals surface area contributed by atoms with Gasteiger partial charge in [-0.2, -0.15) is 0 Å². The maximum Gasteiger partial charge on any atom is 0.248 e. The first-order valence-electron chi connectivity index (χ1n) is 8.70. The Labute approximate surface area is 143 Å². The highest BCUT2D eigenvalue weighted by molar-refractivity contribution is 5.93. The van der Waals surface area contributed by atoms with Gasteiger partial charge in [0.1, 0.15) is 0 Å². The number of nitrogens with one attached hydrogen (secondary N) is 1. The molecule has 24 heavy (non-hydrogen) atoms. The third kappa shape index (κ3) is 4.20. The Morgan fingerprint density at radius 2 is 2.17 bits per heavy atom. The molecule has 2 unspecified atom stereocenters. The summed E-state index contributed by atoms with van der Waals surface area (Å²) in [6.07, 6.45) is 7.14. The molecule has 0 radical (unpaired) electrons. The van der Waals surface area contributed by atoms with Gasteiger partial charge < -0.3 is 11.1 Å². The number of primary amides is 1. The van der Waals surface area contributed by atoms with Crippen LogP contribution in [-0.4, -0.2) is 16.9 Å². The highest BCUT2D eigenvalue weighted by Crippen LogP contribution is 2.24. The van der Waals surface area contributed by atoms with Crippen LogP contribution in [0.4, 0.5) is 0 Å². The SMILES string of the molecule is CC1CCCC(NCc2ccc(-c3cccc(C(N)=O)c3)nc2)C1. The van der Waals surface area contributed by atoms with Gasteiger partial charge in [0.15, 0.2) is 0 Å². The van der Waals surface area contributed by atoms with E-state index in [0.29, 0.717) is 11.6 Å². The van der Waals surface area contributed by atoms with Crippen LogP contribution in [0.25, 0.3) is 11.3 Å². The fourth-order valence-corrected chi connectivity index (χ4v) is 3.41. The Balaban J connectivity index is 1.63. The van der Waals surface area contributed by atoms with Crippen molar-refractivity contribution in [2.45, 2.75) is 45.2 Å². The van der Waals surface area contributed by atoms with E-state index in [1.807, 2.05) is 24.4 Å². The lowest BCUT2D eigenvalue weighted by molar-refractivity contribution is 0.100. The number of nitrogens with zero attached hydrogens (tertiary/aromatic N) is 1. The Bertz CT molecular complexity index is 696. The standard InChI is InChI=1S/C20H25N3O/c1-14-4-2-7-18(10-14)22-12-15-8-9-19(23-13-15)16-5-3-6-17(11-16)20(21)24/h3,5-6,8-9,11,13-14,18,22H,2,4,7,10,12H2,1H3,(H2,21,24). The normalized spacial score (nSPS) is 20.7. The number of amides is 1. The molecule has 4 heteroatoms. The Kier molecular flexibility index (Phi) is 5.26. The summed E-state index contributed by atoms with van der Waals surface area (Å²) < 4.78 is 0. The molecule has 2 aromatic rings. The Morgan fingerprint density at radius 3 is 2.88 bits per heavy atom. The molecule has 3 N–H and O–H groups in total. The van der Waals surface area contributed by atoms with Gasteiger partial charge in [0, 0.05) is 29.9 Å². The van der Waals surface area contributed by atoms with Crippen LogP contribution in [0.2, 0.25) is 0 Å².